The number of aromatic nitrogens is 2. The van der Waals surface area contributed by atoms with E-state index in [0.717, 1.165) is 11.3 Å². The van der Waals surface area contributed by atoms with E-state index in [2.05, 4.69) is 4.98 Å². The maximum atomic E-state index is 11.7. The van der Waals surface area contributed by atoms with Crippen LogP contribution < -0.4 is 4.74 Å². The second-order valence-corrected chi connectivity index (χ2v) is 3.39. The first kappa shape index (κ1) is 10.4. The van der Waals surface area contributed by atoms with Gasteiger partial charge in [-0.2, -0.15) is 0 Å². The monoisotopic (exact) mass is 216 g/mol. The van der Waals surface area contributed by atoms with E-state index in [1.165, 1.54) is 10.9 Å². The van der Waals surface area contributed by atoms with Crippen LogP contribution in [0.25, 0.3) is 0 Å². The Bertz CT molecular complexity index is 460. The third-order valence-electron chi connectivity index (χ3n) is 2.31. The predicted octanol–water partition coefficient (Wildman–Crippen LogP) is 1.77. The van der Waals surface area contributed by atoms with Gasteiger partial charge in [0.15, 0.2) is 0 Å². The van der Waals surface area contributed by atoms with Gasteiger partial charge in [0.05, 0.1) is 13.5 Å². The lowest BCUT2D eigenvalue weighted by Crippen LogP contribution is -2.11. The lowest BCUT2D eigenvalue weighted by molar-refractivity contribution is 0.0914. The lowest BCUT2D eigenvalue weighted by Gasteiger charge is -2.03. The van der Waals surface area contributed by atoms with Gasteiger partial charge in [0, 0.05) is 12.4 Å². The van der Waals surface area contributed by atoms with E-state index in [1.54, 1.807) is 19.5 Å². The van der Waals surface area contributed by atoms with E-state index in [1.807, 2.05) is 24.3 Å². The molecule has 0 aliphatic heterocycles. The minimum atomic E-state index is 0.00247. The number of ether oxygens (including phenoxy) is 1. The summed E-state index contributed by atoms with van der Waals surface area (Å²) in [5.74, 6) is 0.793. The van der Waals surface area contributed by atoms with Crippen LogP contribution in [0.5, 0.6) is 5.75 Å². The van der Waals surface area contributed by atoms with Gasteiger partial charge in [0.25, 0.3) is 0 Å². The highest BCUT2D eigenvalue weighted by Gasteiger charge is 2.05. The van der Waals surface area contributed by atoms with Crippen LogP contribution in [0.3, 0.4) is 0 Å². The Labute approximate surface area is 93.5 Å². The van der Waals surface area contributed by atoms with Crippen molar-refractivity contribution in [2.24, 2.45) is 0 Å². The molecule has 0 saturated heterocycles. The number of carbonyl (C=O) groups excluding carboxylic acids is 1. The van der Waals surface area contributed by atoms with E-state index in [-0.39, 0.29) is 5.91 Å². The first-order chi connectivity index (χ1) is 7.79. The standard InChI is InChI=1S/C12H12N2O2/c1-16-11-4-2-10(3-5-11)8-12(15)14-7-6-13-9-14/h2-7,9H,8H2,1H3. The van der Waals surface area contributed by atoms with E-state index in [4.69, 9.17) is 4.74 Å². The van der Waals surface area contributed by atoms with Gasteiger partial charge in [-0.25, -0.2) is 4.98 Å². The minimum absolute atomic E-state index is 0.00247. The SMILES string of the molecule is COc1ccc(CC(=O)n2ccnc2)cc1. The molecule has 0 fully saturated rings. The summed E-state index contributed by atoms with van der Waals surface area (Å²) in [5.41, 5.74) is 0.958. The fourth-order valence-corrected chi connectivity index (χ4v) is 1.42. The second-order valence-electron chi connectivity index (χ2n) is 3.39. The normalized spacial score (nSPS) is 10.1. The molecule has 4 nitrogen and oxygen atoms in total. The van der Waals surface area contributed by atoms with Gasteiger partial charge in [-0.15, -0.1) is 0 Å². The molecule has 0 spiro atoms. The number of imidazole rings is 1. The molecule has 1 aromatic carbocycles. The molecular weight excluding hydrogens is 204 g/mol. The van der Waals surface area contributed by atoms with Gasteiger partial charge in [-0.05, 0) is 17.7 Å². The Morgan fingerprint density at radius 1 is 1.38 bits per heavy atom. The number of hydrogen-bond donors (Lipinski definition) is 0. The summed E-state index contributed by atoms with van der Waals surface area (Å²) < 4.78 is 6.52. The first-order valence-electron chi connectivity index (χ1n) is 4.93. The molecule has 1 heterocycles. The molecule has 0 atom stereocenters. The van der Waals surface area contributed by atoms with Crippen LogP contribution in [0.15, 0.2) is 43.0 Å². The zero-order valence-corrected chi connectivity index (χ0v) is 8.96. The smallest absolute Gasteiger partial charge is 0.236 e. The first-order valence-corrected chi connectivity index (χ1v) is 4.93. The average Bonchev–Trinajstić information content (AvgIpc) is 2.83. The van der Waals surface area contributed by atoms with Crippen LogP contribution in [0.2, 0.25) is 0 Å². The highest BCUT2D eigenvalue weighted by atomic mass is 16.5. The Kier molecular flexibility index (Phi) is 3.00. The topological polar surface area (TPSA) is 44.1 Å². The van der Waals surface area contributed by atoms with Crippen molar-refractivity contribution in [3.8, 4) is 5.75 Å². The summed E-state index contributed by atoms with van der Waals surface area (Å²) in [6.07, 6.45) is 5.10. The van der Waals surface area contributed by atoms with Crippen molar-refractivity contribution in [3.63, 3.8) is 0 Å². The minimum Gasteiger partial charge on any atom is -0.497 e. The number of hydrogen-bond acceptors (Lipinski definition) is 3. The van der Waals surface area contributed by atoms with E-state index >= 15 is 0 Å². The van der Waals surface area contributed by atoms with E-state index < -0.39 is 0 Å². The Balaban J connectivity index is 2.06. The molecule has 0 unspecified atom stereocenters. The third-order valence-corrected chi connectivity index (χ3v) is 2.31. The summed E-state index contributed by atoms with van der Waals surface area (Å²) in [5, 5.41) is 0. The molecule has 0 N–H and O–H groups in total. The average molecular weight is 216 g/mol. The molecule has 2 aromatic rings. The summed E-state index contributed by atoms with van der Waals surface area (Å²) >= 11 is 0. The van der Waals surface area contributed by atoms with Crippen molar-refractivity contribution >= 4 is 5.91 Å². The summed E-state index contributed by atoms with van der Waals surface area (Å²) in [4.78, 5) is 15.6. The number of nitrogens with zero attached hydrogens (tertiary/aromatic N) is 2. The van der Waals surface area contributed by atoms with Crippen LogP contribution in [-0.2, 0) is 6.42 Å². The van der Waals surface area contributed by atoms with Gasteiger partial charge in [0.2, 0.25) is 5.91 Å². The van der Waals surface area contributed by atoms with Gasteiger partial charge in [-0.1, -0.05) is 12.1 Å². The third kappa shape index (κ3) is 2.28. The number of carbonyl (C=O) groups is 1. The van der Waals surface area contributed by atoms with Crippen molar-refractivity contribution in [3.05, 3.63) is 48.5 Å². The van der Waals surface area contributed by atoms with Crippen LogP contribution in [-0.4, -0.2) is 22.6 Å². The number of methoxy groups -OCH3 is 1. The van der Waals surface area contributed by atoms with Crippen molar-refractivity contribution < 1.29 is 9.53 Å². The highest BCUT2D eigenvalue weighted by molar-refractivity contribution is 5.81. The molecule has 0 saturated carbocycles. The van der Waals surface area contributed by atoms with Crippen molar-refractivity contribution in [2.75, 3.05) is 7.11 Å². The second kappa shape index (κ2) is 4.61. The molecule has 0 aliphatic carbocycles. The van der Waals surface area contributed by atoms with Crippen LogP contribution in [0, 0.1) is 0 Å². The largest absolute Gasteiger partial charge is 0.497 e. The molecule has 0 bridgehead atoms. The zero-order valence-electron chi connectivity index (χ0n) is 8.96. The van der Waals surface area contributed by atoms with Gasteiger partial charge in [-0.3, -0.25) is 9.36 Å². The molecule has 0 radical (unpaired) electrons. The van der Waals surface area contributed by atoms with Gasteiger partial charge in [0.1, 0.15) is 12.1 Å². The highest BCUT2D eigenvalue weighted by Crippen LogP contribution is 2.12. The van der Waals surface area contributed by atoms with E-state index in [0.29, 0.717) is 6.42 Å². The molecule has 82 valence electrons. The summed E-state index contributed by atoms with van der Waals surface area (Å²) in [7, 11) is 1.62. The summed E-state index contributed by atoms with van der Waals surface area (Å²) in [6, 6.07) is 7.45. The lowest BCUT2D eigenvalue weighted by atomic mass is 10.1. The summed E-state index contributed by atoms with van der Waals surface area (Å²) in [6.45, 7) is 0. The molecule has 0 aliphatic rings. The van der Waals surface area contributed by atoms with Crippen molar-refractivity contribution in [1.82, 2.24) is 9.55 Å². The molecular formula is C12H12N2O2. The predicted molar refractivity (Wildman–Crippen MR) is 59.6 cm³/mol. The number of rotatable bonds is 3. The van der Waals surface area contributed by atoms with Gasteiger partial charge >= 0.3 is 0 Å². The Morgan fingerprint density at radius 3 is 2.69 bits per heavy atom. The molecule has 1 aromatic heterocycles. The van der Waals surface area contributed by atoms with Crippen LogP contribution in [0.4, 0.5) is 0 Å². The van der Waals surface area contributed by atoms with Crippen LogP contribution >= 0.6 is 0 Å². The molecule has 0 amide bonds. The molecule has 2 rings (SSSR count). The maximum absolute atomic E-state index is 11.7. The van der Waals surface area contributed by atoms with Crippen molar-refractivity contribution in [2.45, 2.75) is 6.42 Å². The zero-order chi connectivity index (χ0) is 11.4. The Hall–Kier alpha value is -2.10. The fourth-order valence-electron chi connectivity index (χ4n) is 1.42. The van der Waals surface area contributed by atoms with E-state index in [9.17, 15) is 4.79 Å². The number of benzene rings is 1. The van der Waals surface area contributed by atoms with Crippen molar-refractivity contribution in [1.29, 1.82) is 0 Å². The van der Waals surface area contributed by atoms with Gasteiger partial charge < -0.3 is 4.74 Å². The Morgan fingerprint density at radius 2 is 2.12 bits per heavy atom. The molecule has 4 heteroatoms. The van der Waals surface area contributed by atoms with Crippen LogP contribution in [0.1, 0.15) is 10.4 Å². The fraction of sp³-hybridized carbons (Fsp3) is 0.167. The molecule has 16 heavy (non-hydrogen) atoms. The maximum Gasteiger partial charge on any atom is 0.236 e. The quantitative estimate of drug-likeness (QED) is 0.785.